The van der Waals surface area contributed by atoms with Gasteiger partial charge in [0.1, 0.15) is 6.10 Å². The highest BCUT2D eigenvalue weighted by atomic mass is 16.5. The van der Waals surface area contributed by atoms with Crippen LogP contribution in [0.1, 0.15) is 11.7 Å². The van der Waals surface area contributed by atoms with E-state index >= 15 is 0 Å². The number of hydrogen-bond donors (Lipinski definition) is 2. The molecule has 0 fully saturated rings. The first-order valence-corrected chi connectivity index (χ1v) is 6.39. The molecule has 2 aromatic carbocycles. The molecule has 4 heteroatoms. The summed E-state index contributed by atoms with van der Waals surface area (Å²) in [5.74, 6) is 1.05. The zero-order chi connectivity index (χ0) is 14.4. The monoisotopic (exact) mass is 274 g/mol. The van der Waals surface area contributed by atoms with E-state index < -0.39 is 12.2 Å². The largest absolute Gasteiger partial charge is 0.493 e. The maximum atomic E-state index is 10.3. The molecule has 4 nitrogen and oxygen atoms in total. The molecule has 0 heterocycles. The van der Waals surface area contributed by atoms with Crippen LogP contribution < -0.4 is 9.47 Å². The van der Waals surface area contributed by atoms with Crippen LogP contribution in [0.5, 0.6) is 11.5 Å². The highest BCUT2D eigenvalue weighted by molar-refractivity contribution is 5.39. The minimum Gasteiger partial charge on any atom is -0.493 e. The van der Waals surface area contributed by atoms with E-state index in [-0.39, 0.29) is 6.61 Å². The standard InChI is InChI=1S/C16H18O4/c1-19-13-9-5-6-10-14(13)20-15(11-17)16(18)12-7-3-2-4-8-12/h2-10,15-18H,11H2,1H3/t15-,16-/m1/s1. The molecule has 106 valence electrons. The first-order chi connectivity index (χ1) is 9.76. The van der Waals surface area contributed by atoms with Gasteiger partial charge in [0.15, 0.2) is 17.6 Å². The fourth-order valence-electron chi connectivity index (χ4n) is 1.95. The van der Waals surface area contributed by atoms with E-state index in [9.17, 15) is 10.2 Å². The molecule has 0 aliphatic carbocycles. The lowest BCUT2D eigenvalue weighted by molar-refractivity contribution is -0.000405. The minimum absolute atomic E-state index is 0.298. The van der Waals surface area contributed by atoms with Crippen molar-refractivity contribution in [1.82, 2.24) is 0 Å². The van der Waals surface area contributed by atoms with Gasteiger partial charge in [0.05, 0.1) is 13.7 Å². The molecule has 0 unspecified atom stereocenters. The number of para-hydroxylation sites is 2. The van der Waals surface area contributed by atoms with Gasteiger partial charge in [0, 0.05) is 0 Å². The van der Waals surface area contributed by atoms with Crippen molar-refractivity contribution in [2.45, 2.75) is 12.2 Å². The van der Waals surface area contributed by atoms with Crippen LogP contribution in [0.15, 0.2) is 54.6 Å². The summed E-state index contributed by atoms with van der Waals surface area (Å²) >= 11 is 0. The lowest BCUT2D eigenvalue weighted by Gasteiger charge is -2.23. The van der Waals surface area contributed by atoms with Crippen molar-refractivity contribution in [3.05, 3.63) is 60.2 Å². The Kier molecular flexibility index (Phi) is 4.98. The summed E-state index contributed by atoms with van der Waals surface area (Å²) in [6.07, 6.45) is -1.67. The van der Waals surface area contributed by atoms with E-state index in [0.717, 1.165) is 0 Å². The predicted molar refractivity (Wildman–Crippen MR) is 75.9 cm³/mol. The molecule has 2 aromatic rings. The van der Waals surface area contributed by atoms with Gasteiger partial charge in [-0.3, -0.25) is 0 Å². The van der Waals surface area contributed by atoms with Gasteiger partial charge in [0.25, 0.3) is 0 Å². The SMILES string of the molecule is COc1ccccc1O[C@H](CO)[C@H](O)c1ccccc1. The second-order valence-electron chi connectivity index (χ2n) is 4.35. The quantitative estimate of drug-likeness (QED) is 0.847. The average Bonchev–Trinajstić information content (AvgIpc) is 2.53. The highest BCUT2D eigenvalue weighted by Crippen LogP contribution is 2.29. The summed E-state index contributed by atoms with van der Waals surface area (Å²) in [4.78, 5) is 0. The highest BCUT2D eigenvalue weighted by Gasteiger charge is 2.23. The molecule has 2 rings (SSSR count). The number of rotatable bonds is 6. The molecule has 0 aromatic heterocycles. The fraction of sp³-hybridized carbons (Fsp3) is 0.250. The summed E-state index contributed by atoms with van der Waals surface area (Å²) in [5.41, 5.74) is 0.696. The maximum absolute atomic E-state index is 10.3. The minimum atomic E-state index is -0.911. The summed E-state index contributed by atoms with van der Waals surface area (Å²) < 4.78 is 10.9. The van der Waals surface area contributed by atoms with Crippen LogP contribution in [-0.4, -0.2) is 30.0 Å². The van der Waals surface area contributed by atoms with E-state index in [1.54, 1.807) is 37.4 Å². The molecule has 0 amide bonds. The Bertz CT molecular complexity index is 527. The van der Waals surface area contributed by atoms with Gasteiger partial charge in [-0.1, -0.05) is 42.5 Å². The second-order valence-corrected chi connectivity index (χ2v) is 4.35. The fourth-order valence-corrected chi connectivity index (χ4v) is 1.95. The van der Waals surface area contributed by atoms with Crippen LogP contribution in [0.25, 0.3) is 0 Å². The Morgan fingerprint density at radius 1 is 0.950 bits per heavy atom. The van der Waals surface area contributed by atoms with Gasteiger partial charge < -0.3 is 19.7 Å². The first kappa shape index (κ1) is 14.4. The van der Waals surface area contributed by atoms with E-state index in [1.807, 2.05) is 24.3 Å². The molecule has 0 saturated carbocycles. The van der Waals surface area contributed by atoms with Gasteiger partial charge in [-0.15, -0.1) is 0 Å². The number of aliphatic hydroxyl groups excluding tert-OH is 2. The maximum Gasteiger partial charge on any atom is 0.161 e. The molecule has 2 N–H and O–H groups in total. The first-order valence-electron chi connectivity index (χ1n) is 6.39. The normalized spacial score (nSPS) is 13.6. The van der Waals surface area contributed by atoms with Crippen LogP contribution in [-0.2, 0) is 0 Å². The van der Waals surface area contributed by atoms with Gasteiger partial charge in [0.2, 0.25) is 0 Å². The lowest BCUT2D eigenvalue weighted by atomic mass is 10.0. The summed E-state index contributed by atoms with van der Waals surface area (Å²) in [6, 6.07) is 16.2. The van der Waals surface area contributed by atoms with Gasteiger partial charge in [-0.2, -0.15) is 0 Å². The van der Waals surface area contributed by atoms with Crippen LogP contribution >= 0.6 is 0 Å². The van der Waals surface area contributed by atoms with Gasteiger partial charge in [-0.05, 0) is 17.7 Å². The molecule has 20 heavy (non-hydrogen) atoms. The Labute approximate surface area is 118 Å². The Morgan fingerprint density at radius 3 is 2.15 bits per heavy atom. The Morgan fingerprint density at radius 2 is 1.55 bits per heavy atom. The van der Waals surface area contributed by atoms with Crippen molar-refractivity contribution in [1.29, 1.82) is 0 Å². The van der Waals surface area contributed by atoms with Crippen molar-refractivity contribution < 1.29 is 19.7 Å². The van der Waals surface area contributed by atoms with E-state index in [1.165, 1.54) is 0 Å². The number of ether oxygens (including phenoxy) is 2. The molecular weight excluding hydrogens is 256 g/mol. The summed E-state index contributed by atoms with van der Waals surface area (Å²) in [7, 11) is 1.55. The number of methoxy groups -OCH3 is 1. The molecule has 0 saturated heterocycles. The Balaban J connectivity index is 2.17. The smallest absolute Gasteiger partial charge is 0.161 e. The van der Waals surface area contributed by atoms with E-state index in [4.69, 9.17) is 9.47 Å². The summed E-state index contributed by atoms with van der Waals surface area (Å²) in [5, 5.41) is 19.7. The molecular formula is C16H18O4. The molecule has 0 bridgehead atoms. The number of aliphatic hydroxyl groups is 2. The Hall–Kier alpha value is -2.04. The molecule has 0 aliphatic heterocycles. The molecule has 0 aliphatic rings. The van der Waals surface area contributed by atoms with Crippen molar-refractivity contribution >= 4 is 0 Å². The van der Waals surface area contributed by atoms with Crippen LogP contribution in [0, 0.1) is 0 Å². The second kappa shape index (κ2) is 6.93. The third kappa shape index (κ3) is 3.29. The van der Waals surface area contributed by atoms with Gasteiger partial charge >= 0.3 is 0 Å². The predicted octanol–water partition coefficient (Wildman–Crippen LogP) is 2.17. The molecule has 0 radical (unpaired) electrons. The summed E-state index contributed by atoms with van der Waals surface area (Å²) in [6.45, 7) is -0.298. The van der Waals surface area contributed by atoms with Crippen LogP contribution in [0.3, 0.4) is 0 Å². The van der Waals surface area contributed by atoms with E-state index in [0.29, 0.717) is 17.1 Å². The lowest BCUT2D eigenvalue weighted by Crippen LogP contribution is -2.29. The van der Waals surface area contributed by atoms with Crippen molar-refractivity contribution in [2.75, 3.05) is 13.7 Å². The molecule has 0 spiro atoms. The number of benzene rings is 2. The average molecular weight is 274 g/mol. The van der Waals surface area contributed by atoms with E-state index in [2.05, 4.69) is 0 Å². The molecule has 2 atom stereocenters. The number of hydrogen-bond acceptors (Lipinski definition) is 4. The van der Waals surface area contributed by atoms with Crippen LogP contribution in [0.2, 0.25) is 0 Å². The van der Waals surface area contributed by atoms with Gasteiger partial charge in [-0.25, -0.2) is 0 Å². The third-order valence-corrected chi connectivity index (χ3v) is 3.02. The zero-order valence-corrected chi connectivity index (χ0v) is 11.3. The van der Waals surface area contributed by atoms with Crippen molar-refractivity contribution in [3.63, 3.8) is 0 Å². The third-order valence-electron chi connectivity index (χ3n) is 3.02. The van der Waals surface area contributed by atoms with Crippen molar-refractivity contribution in [2.24, 2.45) is 0 Å². The van der Waals surface area contributed by atoms with Crippen LogP contribution in [0.4, 0.5) is 0 Å². The zero-order valence-electron chi connectivity index (χ0n) is 11.3. The van der Waals surface area contributed by atoms with Crippen molar-refractivity contribution in [3.8, 4) is 11.5 Å². The topological polar surface area (TPSA) is 58.9 Å².